The molecule has 0 bridgehead atoms. The number of nitrogen functional groups attached to an aromatic ring is 1. The molecule has 1 heterocycles. The molecule has 0 radical (unpaired) electrons. The van der Waals surface area contributed by atoms with Crippen molar-refractivity contribution in [2.75, 3.05) is 0 Å². The van der Waals surface area contributed by atoms with Crippen molar-refractivity contribution in [3.05, 3.63) is 34.0 Å². The number of hydrogen-bond donors (Lipinski definition) is 3. The molecule has 94 valence electrons. The topological polar surface area (TPSA) is 70.9 Å². The summed E-state index contributed by atoms with van der Waals surface area (Å²) in [6, 6.07) is 3.64. The van der Waals surface area contributed by atoms with Crippen molar-refractivity contribution < 1.29 is 4.79 Å². The minimum absolute atomic E-state index is 0.366. The monoisotopic (exact) mass is 263 g/mol. The molecule has 3 rings (SSSR count). The summed E-state index contributed by atoms with van der Waals surface area (Å²) in [7, 11) is 0. The van der Waals surface area contributed by atoms with Crippen molar-refractivity contribution >= 4 is 28.4 Å². The van der Waals surface area contributed by atoms with Crippen LogP contribution in [0.25, 0.3) is 10.9 Å². The molecule has 1 aliphatic rings. The SMILES string of the molecule is NNC(=O)c1cc2[nH]c3c(c2cc1Cl)CCCC3. The lowest BCUT2D eigenvalue weighted by Crippen LogP contribution is -2.30. The maximum Gasteiger partial charge on any atom is 0.266 e. The second kappa shape index (κ2) is 4.30. The third-order valence-electron chi connectivity index (χ3n) is 3.56. The summed E-state index contributed by atoms with van der Waals surface area (Å²) in [6.45, 7) is 0. The van der Waals surface area contributed by atoms with Gasteiger partial charge in [0.25, 0.3) is 5.91 Å². The van der Waals surface area contributed by atoms with Gasteiger partial charge in [-0.25, -0.2) is 5.84 Å². The van der Waals surface area contributed by atoms with Gasteiger partial charge in [-0.1, -0.05) is 11.6 Å². The number of hydrogen-bond acceptors (Lipinski definition) is 2. The zero-order valence-electron chi connectivity index (χ0n) is 9.85. The quantitative estimate of drug-likeness (QED) is 0.420. The van der Waals surface area contributed by atoms with Gasteiger partial charge in [0.1, 0.15) is 0 Å². The number of aryl methyl sites for hydroxylation is 2. The van der Waals surface area contributed by atoms with Gasteiger partial charge in [-0.15, -0.1) is 0 Å². The second-order valence-corrected chi connectivity index (χ2v) is 5.05. The number of nitrogens with two attached hydrogens (primary N) is 1. The molecule has 1 aromatic carbocycles. The maximum absolute atomic E-state index is 11.6. The molecule has 2 aromatic rings. The van der Waals surface area contributed by atoms with Crippen LogP contribution in [-0.4, -0.2) is 10.9 Å². The second-order valence-electron chi connectivity index (χ2n) is 4.64. The Labute approximate surface area is 109 Å². The first kappa shape index (κ1) is 11.6. The lowest BCUT2D eigenvalue weighted by Gasteiger charge is -2.10. The molecule has 0 aliphatic heterocycles. The van der Waals surface area contributed by atoms with E-state index < -0.39 is 0 Å². The Morgan fingerprint density at radius 3 is 2.89 bits per heavy atom. The van der Waals surface area contributed by atoms with Crippen LogP contribution < -0.4 is 11.3 Å². The number of nitrogens with one attached hydrogen (secondary N) is 2. The van der Waals surface area contributed by atoms with Gasteiger partial charge in [0.15, 0.2) is 0 Å². The Bertz CT molecular complexity index is 633. The number of aromatic amines is 1. The lowest BCUT2D eigenvalue weighted by molar-refractivity contribution is 0.0954. The molecule has 0 atom stereocenters. The normalized spacial score (nSPS) is 14.6. The molecule has 4 nitrogen and oxygen atoms in total. The fraction of sp³-hybridized carbons (Fsp3) is 0.308. The Hall–Kier alpha value is -1.52. The highest BCUT2D eigenvalue weighted by atomic mass is 35.5. The van der Waals surface area contributed by atoms with Gasteiger partial charge >= 0.3 is 0 Å². The summed E-state index contributed by atoms with van der Waals surface area (Å²) in [5, 5.41) is 1.57. The minimum Gasteiger partial charge on any atom is -0.358 e. The van der Waals surface area contributed by atoms with Crippen molar-refractivity contribution in [3.63, 3.8) is 0 Å². The van der Waals surface area contributed by atoms with E-state index >= 15 is 0 Å². The predicted molar refractivity (Wildman–Crippen MR) is 71.6 cm³/mol. The number of aromatic nitrogens is 1. The van der Waals surface area contributed by atoms with Crippen LogP contribution in [0.4, 0.5) is 0 Å². The highest BCUT2D eigenvalue weighted by Gasteiger charge is 2.18. The summed E-state index contributed by atoms with van der Waals surface area (Å²) in [6.07, 6.45) is 4.57. The largest absolute Gasteiger partial charge is 0.358 e. The first-order valence-corrected chi connectivity index (χ1v) is 6.42. The van der Waals surface area contributed by atoms with E-state index in [1.165, 1.54) is 24.1 Å². The molecular formula is C13H14ClN3O. The first-order valence-electron chi connectivity index (χ1n) is 6.04. The Morgan fingerprint density at radius 1 is 1.33 bits per heavy atom. The predicted octanol–water partition coefficient (Wildman–Crippen LogP) is 2.30. The van der Waals surface area contributed by atoms with Crippen LogP contribution >= 0.6 is 11.6 Å². The van der Waals surface area contributed by atoms with Crippen LogP contribution in [0.2, 0.25) is 5.02 Å². The Morgan fingerprint density at radius 2 is 2.11 bits per heavy atom. The first-order chi connectivity index (χ1) is 8.70. The molecule has 0 saturated carbocycles. The average molecular weight is 264 g/mol. The number of benzene rings is 1. The van der Waals surface area contributed by atoms with Gasteiger partial charge in [-0.05, 0) is 43.4 Å². The fourth-order valence-corrected chi connectivity index (χ4v) is 2.93. The van der Waals surface area contributed by atoms with Gasteiger partial charge in [0, 0.05) is 16.6 Å². The van der Waals surface area contributed by atoms with Gasteiger partial charge < -0.3 is 4.98 Å². The highest BCUT2D eigenvalue weighted by Crippen LogP contribution is 2.32. The summed E-state index contributed by atoms with van der Waals surface area (Å²) < 4.78 is 0. The van der Waals surface area contributed by atoms with Crippen LogP contribution in [0.5, 0.6) is 0 Å². The third-order valence-corrected chi connectivity index (χ3v) is 3.87. The molecule has 0 fully saturated rings. The molecule has 1 aliphatic carbocycles. The fourth-order valence-electron chi connectivity index (χ4n) is 2.68. The number of hydrazine groups is 1. The van der Waals surface area contributed by atoms with E-state index in [2.05, 4.69) is 10.4 Å². The summed E-state index contributed by atoms with van der Waals surface area (Å²) in [4.78, 5) is 15.0. The molecule has 5 heteroatoms. The van der Waals surface area contributed by atoms with Gasteiger partial charge in [-0.2, -0.15) is 0 Å². The van der Waals surface area contributed by atoms with E-state index in [1.807, 2.05) is 6.07 Å². The molecule has 1 amide bonds. The molecule has 1 aromatic heterocycles. The zero-order chi connectivity index (χ0) is 12.7. The van der Waals surface area contributed by atoms with Crippen molar-refractivity contribution in [3.8, 4) is 0 Å². The van der Waals surface area contributed by atoms with E-state index in [1.54, 1.807) is 6.07 Å². The molecule has 0 spiro atoms. The van der Waals surface area contributed by atoms with Crippen molar-refractivity contribution in [2.24, 2.45) is 5.84 Å². The molecule has 0 saturated heterocycles. The van der Waals surface area contributed by atoms with E-state index in [4.69, 9.17) is 17.4 Å². The number of fused-ring (bicyclic) bond motifs is 3. The maximum atomic E-state index is 11.6. The van der Waals surface area contributed by atoms with Crippen molar-refractivity contribution in [2.45, 2.75) is 25.7 Å². The van der Waals surface area contributed by atoms with Crippen LogP contribution in [-0.2, 0) is 12.8 Å². The Kier molecular flexibility index (Phi) is 2.76. The van der Waals surface area contributed by atoms with Gasteiger partial charge in [0.2, 0.25) is 0 Å². The zero-order valence-corrected chi connectivity index (χ0v) is 10.6. The minimum atomic E-state index is -0.366. The van der Waals surface area contributed by atoms with Gasteiger partial charge in [0.05, 0.1) is 10.6 Å². The number of H-pyrrole nitrogens is 1. The smallest absolute Gasteiger partial charge is 0.266 e. The number of halogens is 1. The molecule has 4 N–H and O–H groups in total. The lowest BCUT2D eigenvalue weighted by atomic mass is 9.95. The summed E-state index contributed by atoms with van der Waals surface area (Å²) >= 11 is 6.15. The van der Waals surface area contributed by atoms with Crippen molar-refractivity contribution in [1.82, 2.24) is 10.4 Å². The van der Waals surface area contributed by atoms with Gasteiger partial charge in [-0.3, -0.25) is 10.2 Å². The van der Waals surface area contributed by atoms with E-state index in [9.17, 15) is 4.79 Å². The molecule has 18 heavy (non-hydrogen) atoms. The van der Waals surface area contributed by atoms with E-state index in [-0.39, 0.29) is 5.91 Å². The molecular weight excluding hydrogens is 250 g/mol. The number of rotatable bonds is 1. The van der Waals surface area contributed by atoms with E-state index in [0.717, 1.165) is 23.7 Å². The third kappa shape index (κ3) is 1.69. The van der Waals surface area contributed by atoms with Crippen molar-refractivity contribution in [1.29, 1.82) is 0 Å². The number of carbonyl (C=O) groups is 1. The number of amides is 1. The van der Waals surface area contributed by atoms with E-state index in [0.29, 0.717) is 10.6 Å². The average Bonchev–Trinajstić information content (AvgIpc) is 2.75. The van der Waals surface area contributed by atoms with Crippen LogP contribution in [0, 0.1) is 0 Å². The van der Waals surface area contributed by atoms with Crippen LogP contribution in [0.1, 0.15) is 34.5 Å². The molecule has 0 unspecified atom stereocenters. The number of carbonyl (C=O) groups excluding carboxylic acids is 1. The standard InChI is InChI=1S/C13H14ClN3O/c14-10-5-8-7-3-1-2-4-11(7)16-12(8)6-9(10)13(18)17-15/h5-6,16H,1-4,15H2,(H,17,18). The summed E-state index contributed by atoms with van der Waals surface area (Å²) in [5.74, 6) is 4.78. The summed E-state index contributed by atoms with van der Waals surface area (Å²) in [5.41, 5.74) is 6.10. The van der Waals surface area contributed by atoms with Crippen LogP contribution in [0.3, 0.4) is 0 Å². The Balaban J connectivity index is 2.21. The van der Waals surface area contributed by atoms with Crippen LogP contribution in [0.15, 0.2) is 12.1 Å². The highest BCUT2D eigenvalue weighted by molar-refractivity contribution is 6.34.